The minimum atomic E-state index is -0.668. The highest BCUT2D eigenvalue weighted by Gasteiger charge is 2.36. The predicted octanol–water partition coefficient (Wildman–Crippen LogP) is 2.34. The van der Waals surface area contributed by atoms with Crippen LogP contribution in [0.5, 0.6) is 0 Å². The summed E-state index contributed by atoms with van der Waals surface area (Å²) >= 11 is 0. The number of hydrogen-bond acceptors (Lipinski definition) is 4. The lowest BCUT2D eigenvalue weighted by Gasteiger charge is -2.38. The molecular formula is C25H28FN3O4. The third-order valence-corrected chi connectivity index (χ3v) is 6.30. The molecule has 2 aliphatic heterocycles. The van der Waals surface area contributed by atoms with Gasteiger partial charge in [0.15, 0.2) is 0 Å². The molecule has 2 aromatic rings. The molecule has 2 fully saturated rings. The van der Waals surface area contributed by atoms with Crippen LogP contribution in [0.1, 0.15) is 33.6 Å². The van der Waals surface area contributed by atoms with E-state index in [-0.39, 0.29) is 29.5 Å². The van der Waals surface area contributed by atoms with E-state index in [1.807, 2.05) is 6.07 Å². The molecule has 0 saturated carbocycles. The molecule has 2 aliphatic rings. The smallest absolute Gasteiger partial charge is 0.253 e. The van der Waals surface area contributed by atoms with E-state index in [0.29, 0.717) is 63.4 Å². The normalized spacial score (nSPS) is 18.0. The Labute approximate surface area is 192 Å². The first-order chi connectivity index (χ1) is 16.0. The standard InChI is InChI=1S/C25H28FN3O4/c26-21-8-6-20(7-9-21)24(31)28-12-10-18(11-13-28)22(25(32)29-14-16-33-17-15-29)27-23(30)19-4-2-1-3-5-19/h1-9,18,22H,10-17H2,(H,27,30)/t22-/m1/s1. The number of benzene rings is 2. The van der Waals surface area contributed by atoms with E-state index in [2.05, 4.69) is 5.32 Å². The Morgan fingerprint density at radius 2 is 1.48 bits per heavy atom. The van der Waals surface area contributed by atoms with Gasteiger partial charge in [-0.2, -0.15) is 0 Å². The van der Waals surface area contributed by atoms with Crippen molar-refractivity contribution in [1.82, 2.24) is 15.1 Å². The van der Waals surface area contributed by atoms with Gasteiger partial charge < -0.3 is 19.9 Å². The number of nitrogens with one attached hydrogen (secondary N) is 1. The molecular weight excluding hydrogens is 425 g/mol. The van der Waals surface area contributed by atoms with E-state index >= 15 is 0 Å². The van der Waals surface area contributed by atoms with E-state index < -0.39 is 6.04 Å². The zero-order valence-corrected chi connectivity index (χ0v) is 18.4. The van der Waals surface area contributed by atoms with Gasteiger partial charge in [0.2, 0.25) is 5.91 Å². The quantitative estimate of drug-likeness (QED) is 0.754. The summed E-state index contributed by atoms with van der Waals surface area (Å²) in [5.74, 6) is -1.02. The number of carbonyl (C=O) groups is 3. The number of carbonyl (C=O) groups excluding carboxylic acids is 3. The second-order valence-electron chi connectivity index (χ2n) is 8.39. The van der Waals surface area contributed by atoms with Gasteiger partial charge in [0.1, 0.15) is 11.9 Å². The summed E-state index contributed by atoms with van der Waals surface area (Å²) < 4.78 is 18.6. The zero-order chi connectivity index (χ0) is 23.2. The van der Waals surface area contributed by atoms with Crippen molar-refractivity contribution in [2.45, 2.75) is 18.9 Å². The maximum atomic E-state index is 13.4. The highest BCUT2D eigenvalue weighted by molar-refractivity contribution is 5.97. The van der Waals surface area contributed by atoms with Crippen LogP contribution in [0.25, 0.3) is 0 Å². The van der Waals surface area contributed by atoms with Gasteiger partial charge in [-0.05, 0) is 55.2 Å². The Bertz CT molecular complexity index is 969. The fraction of sp³-hybridized carbons (Fsp3) is 0.400. The van der Waals surface area contributed by atoms with E-state index in [4.69, 9.17) is 4.74 Å². The Hall–Kier alpha value is -3.26. The average molecular weight is 454 g/mol. The number of likely N-dealkylation sites (tertiary alicyclic amines) is 1. The fourth-order valence-electron chi connectivity index (χ4n) is 4.39. The van der Waals surface area contributed by atoms with Gasteiger partial charge in [-0.3, -0.25) is 14.4 Å². The van der Waals surface area contributed by atoms with Crippen molar-refractivity contribution >= 4 is 17.7 Å². The Morgan fingerprint density at radius 3 is 2.12 bits per heavy atom. The van der Waals surface area contributed by atoms with Gasteiger partial charge in [-0.15, -0.1) is 0 Å². The molecule has 0 aliphatic carbocycles. The molecule has 0 unspecified atom stereocenters. The molecule has 33 heavy (non-hydrogen) atoms. The molecule has 7 nitrogen and oxygen atoms in total. The van der Waals surface area contributed by atoms with Crippen LogP contribution in [-0.2, 0) is 9.53 Å². The molecule has 8 heteroatoms. The summed E-state index contributed by atoms with van der Waals surface area (Å²) in [7, 11) is 0. The van der Waals surface area contributed by atoms with Crippen molar-refractivity contribution in [3.63, 3.8) is 0 Å². The topological polar surface area (TPSA) is 79.0 Å². The summed E-state index contributed by atoms with van der Waals surface area (Å²) in [6.45, 7) is 2.90. The monoisotopic (exact) mass is 453 g/mol. The Balaban J connectivity index is 1.45. The van der Waals surface area contributed by atoms with Crippen LogP contribution in [0.2, 0.25) is 0 Å². The van der Waals surface area contributed by atoms with E-state index in [1.54, 1.807) is 34.1 Å². The molecule has 0 bridgehead atoms. The van der Waals surface area contributed by atoms with Crippen molar-refractivity contribution in [3.05, 3.63) is 71.5 Å². The number of piperidine rings is 1. The van der Waals surface area contributed by atoms with Gasteiger partial charge >= 0.3 is 0 Å². The third kappa shape index (κ3) is 5.57. The maximum absolute atomic E-state index is 13.4. The largest absolute Gasteiger partial charge is 0.378 e. The van der Waals surface area contributed by atoms with Crippen LogP contribution in [-0.4, -0.2) is 73.0 Å². The Kier molecular flexibility index (Phi) is 7.34. The number of ether oxygens (including phenoxy) is 1. The highest BCUT2D eigenvalue weighted by atomic mass is 19.1. The Morgan fingerprint density at radius 1 is 0.848 bits per heavy atom. The number of nitrogens with zero attached hydrogens (tertiary/aromatic N) is 2. The van der Waals surface area contributed by atoms with E-state index in [0.717, 1.165) is 0 Å². The van der Waals surface area contributed by atoms with Crippen LogP contribution in [0, 0.1) is 11.7 Å². The van der Waals surface area contributed by atoms with Gasteiger partial charge in [-0.1, -0.05) is 18.2 Å². The second kappa shape index (κ2) is 10.6. The average Bonchev–Trinajstić information content (AvgIpc) is 2.88. The van der Waals surface area contributed by atoms with Gasteiger partial charge in [0.25, 0.3) is 11.8 Å². The third-order valence-electron chi connectivity index (χ3n) is 6.30. The van der Waals surface area contributed by atoms with Crippen molar-refractivity contribution in [1.29, 1.82) is 0 Å². The molecule has 0 aromatic heterocycles. The first kappa shape index (κ1) is 22.9. The van der Waals surface area contributed by atoms with Gasteiger partial charge in [-0.25, -0.2) is 4.39 Å². The second-order valence-corrected chi connectivity index (χ2v) is 8.39. The predicted molar refractivity (Wildman–Crippen MR) is 120 cm³/mol. The number of amides is 3. The number of rotatable bonds is 5. The van der Waals surface area contributed by atoms with Crippen LogP contribution in [0.15, 0.2) is 54.6 Å². The SMILES string of the molecule is O=C(N[C@@H](C(=O)N1CCOCC1)C1CCN(C(=O)c2ccc(F)cc2)CC1)c1ccccc1. The minimum absolute atomic E-state index is 0.0923. The van der Waals surface area contributed by atoms with Crippen LogP contribution >= 0.6 is 0 Å². The van der Waals surface area contributed by atoms with Crippen LogP contribution in [0.4, 0.5) is 4.39 Å². The highest BCUT2D eigenvalue weighted by Crippen LogP contribution is 2.24. The summed E-state index contributed by atoms with van der Waals surface area (Å²) in [6.07, 6.45) is 1.17. The molecule has 4 rings (SSSR count). The molecule has 2 heterocycles. The summed E-state index contributed by atoms with van der Waals surface area (Å²) in [5, 5.41) is 2.97. The molecule has 3 amide bonds. The van der Waals surface area contributed by atoms with E-state index in [9.17, 15) is 18.8 Å². The molecule has 1 atom stereocenters. The van der Waals surface area contributed by atoms with Gasteiger partial charge in [0, 0.05) is 37.3 Å². The van der Waals surface area contributed by atoms with Crippen LogP contribution in [0.3, 0.4) is 0 Å². The molecule has 0 spiro atoms. The van der Waals surface area contributed by atoms with Crippen molar-refractivity contribution in [2.24, 2.45) is 5.92 Å². The number of halogens is 1. The van der Waals surface area contributed by atoms with Crippen LogP contribution < -0.4 is 5.32 Å². The summed E-state index contributed by atoms with van der Waals surface area (Å²) in [6, 6.07) is 13.7. The number of hydrogen-bond donors (Lipinski definition) is 1. The molecule has 2 aromatic carbocycles. The molecule has 174 valence electrons. The molecule has 1 N–H and O–H groups in total. The first-order valence-electron chi connectivity index (χ1n) is 11.3. The first-order valence-corrected chi connectivity index (χ1v) is 11.3. The zero-order valence-electron chi connectivity index (χ0n) is 18.4. The lowest BCUT2D eigenvalue weighted by molar-refractivity contribution is -0.139. The van der Waals surface area contributed by atoms with Crippen molar-refractivity contribution in [2.75, 3.05) is 39.4 Å². The summed E-state index contributed by atoms with van der Waals surface area (Å²) in [4.78, 5) is 42.5. The lowest BCUT2D eigenvalue weighted by atomic mass is 9.87. The molecule has 2 saturated heterocycles. The van der Waals surface area contributed by atoms with Crippen molar-refractivity contribution in [3.8, 4) is 0 Å². The van der Waals surface area contributed by atoms with E-state index in [1.165, 1.54) is 24.3 Å². The molecule has 0 radical (unpaired) electrons. The number of morpholine rings is 1. The minimum Gasteiger partial charge on any atom is -0.378 e. The lowest BCUT2D eigenvalue weighted by Crippen LogP contribution is -2.56. The fourth-order valence-corrected chi connectivity index (χ4v) is 4.39. The maximum Gasteiger partial charge on any atom is 0.253 e. The van der Waals surface area contributed by atoms with Gasteiger partial charge in [0.05, 0.1) is 13.2 Å². The summed E-state index contributed by atoms with van der Waals surface area (Å²) in [5.41, 5.74) is 0.939. The van der Waals surface area contributed by atoms with Crippen molar-refractivity contribution < 1.29 is 23.5 Å².